The van der Waals surface area contributed by atoms with Crippen LogP contribution in [0.1, 0.15) is 12.0 Å². The number of halogens is 4. The van der Waals surface area contributed by atoms with E-state index in [9.17, 15) is 13.2 Å². The lowest BCUT2D eigenvalue weighted by Crippen LogP contribution is -2.19. The zero-order valence-corrected chi connectivity index (χ0v) is 11.9. The van der Waals surface area contributed by atoms with Gasteiger partial charge in [-0.3, -0.25) is 0 Å². The van der Waals surface area contributed by atoms with Gasteiger partial charge in [0.05, 0.1) is 19.6 Å². The summed E-state index contributed by atoms with van der Waals surface area (Å²) >= 11 is 6.04. The maximum atomic E-state index is 12.1. The number of hydrogen-bond donors (Lipinski definition) is 1. The summed E-state index contributed by atoms with van der Waals surface area (Å²) in [7, 11) is 1.59. The fourth-order valence-corrected chi connectivity index (χ4v) is 1.74. The molecule has 3 nitrogen and oxygen atoms in total. The third kappa shape index (κ3) is 6.45. The third-order valence-electron chi connectivity index (χ3n) is 2.50. The van der Waals surface area contributed by atoms with Crippen LogP contribution in [0.3, 0.4) is 0 Å². The van der Waals surface area contributed by atoms with E-state index in [4.69, 9.17) is 21.1 Å². The molecule has 0 amide bonds. The molecule has 0 bridgehead atoms. The molecule has 0 unspecified atom stereocenters. The molecule has 20 heavy (non-hydrogen) atoms. The van der Waals surface area contributed by atoms with Crippen LogP contribution in [-0.4, -0.2) is 33.0 Å². The Labute approximate surface area is 121 Å². The minimum absolute atomic E-state index is 0.367. The molecule has 0 aliphatic heterocycles. The average Bonchev–Trinajstić information content (AvgIpc) is 2.35. The van der Waals surface area contributed by atoms with Gasteiger partial charge >= 0.3 is 6.18 Å². The van der Waals surface area contributed by atoms with Crippen molar-refractivity contribution in [2.75, 3.05) is 26.9 Å². The summed E-state index contributed by atoms with van der Waals surface area (Å²) in [6, 6.07) is 4.92. The number of benzene rings is 1. The summed E-state index contributed by atoms with van der Waals surface area (Å²) in [5, 5.41) is 3.54. The molecular weight excluding hydrogens is 295 g/mol. The molecule has 7 heteroatoms. The molecule has 0 fully saturated rings. The van der Waals surface area contributed by atoms with Crippen molar-refractivity contribution in [3.05, 3.63) is 28.8 Å². The van der Waals surface area contributed by atoms with Gasteiger partial charge in [0.2, 0.25) is 0 Å². The summed E-state index contributed by atoms with van der Waals surface area (Å²) in [5.41, 5.74) is 0.646. The summed E-state index contributed by atoms with van der Waals surface area (Å²) < 4.78 is 46.3. The number of hydrogen-bond acceptors (Lipinski definition) is 3. The molecule has 1 rings (SSSR count). The van der Waals surface area contributed by atoms with Gasteiger partial charge in [0.15, 0.2) is 0 Å². The van der Waals surface area contributed by atoms with E-state index in [-0.39, 0.29) is 0 Å². The van der Waals surface area contributed by atoms with Crippen LogP contribution in [0, 0.1) is 0 Å². The lowest BCUT2D eigenvalue weighted by molar-refractivity contribution is -0.139. The van der Waals surface area contributed by atoms with Gasteiger partial charge in [-0.1, -0.05) is 17.7 Å². The molecule has 0 heterocycles. The fraction of sp³-hybridized carbons (Fsp3) is 0.538. The Morgan fingerprint density at radius 3 is 2.65 bits per heavy atom. The van der Waals surface area contributed by atoms with Crippen LogP contribution in [0.25, 0.3) is 0 Å². The Kier molecular flexibility index (Phi) is 7.12. The molecule has 0 spiro atoms. The Morgan fingerprint density at radius 2 is 2.00 bits per heavy atom. The highest BCUT2D eigenvalue weighted by molar-refractivity contribution is 6.31. The van der Waals surface area contributed by atoms with Crippen molar-refractivity contribution in [3.8, 4) is 5.75 Å². The molecule has 0 aliphatic carbocycles. The summed E-state index contributed by atoms with van der Waals surface area (Å²) in [5.74, 6) is 0.367. The average molecular weight is 312 g/mol. The second kappa shape index (κ2) is 8.34. The highest BCUT2D eigenvalue weighted by atomic mass is 35.5. The van der Waals surface area contributed by atoms with Gasteiger partial charge in [-0.05, 0) is 12.1 Å². The van der Waals surface area contributed by atoms with E-state index in [1.807, 2.05) is 0 Å². The molecule has 1 aromatic carbocycles. The normalized spacial score (nSPS) is 11.7. The van der Waals surface area contributed by atoms with Crippen LogP contribution >= 0.6 is 11.6 Å². The van der Waals surface area contributed by atoms with Crippen LogP contribution in [0.4, 0.5) is 13.2 Å². The summed E-state index contributed by atoms with van der Waals surface area (Å²) in [4.78, 5) is 0. The molecular formula is C13H17ClF3NO2. The van der Waals surface area contributed by atoms with Crippen LogP contribution < -0.4 is 10.1 Å². The highest BCUT2D eigenvalue weighted by Crippen LogP contribution is 2.27. The lowest BCUT2D eigenvalue weighted by atomic mass is 10.2. The minimum Gasteiger partial charge on any atom is -0.493 e. The van der Waals surface area contributed by atoms with E-state index >= 15 is 0 Å². The van der Waals surface area contributed by atoms with Crippen LogP contribution in [0.15, 0.2) is 18.2 Å². The van der Waals surface area contributed by atoms with Crippen molar-refractivity contribution >= 4 is 11.6 Å². The molecule has 0 atom stereocenters. The predicted molar refractivity (Wildman–Crippen MR) is 71.2 cm³/mol. The largest absolute Gasteiger partial charge is 0.493 e. The number of ether oxygens (including phenoxy) is 2. The molecule has 0 saturated carbocycles. The molecule has 1 N–H and O–H groups in total. The molecule has 0 saturated heterocycles. The first-order valence-corrected chi connectivity index (χ1v) is 6.48. The van der Waals surface area contributed by atoms with Gasteiger partial charge in [-0.2, -0.15) is 13.2 Å². The van der Waals surface area contributed by atoms with E-state index in [1.54, 1.807) is 25.3 Å². The minimum atomic E-state index is -4.23. The van der Waals surface area contributed by atoms with Gasteiger partial charge < -0.3 is 14.8 Å². The monoisotopic (exact) mass is 311 g/mol. The number of alkyl halides is 3. The van der Waals surface area contributed by atoms with E-state index in [0.29, 0.717) is 36.0 Å². The smallest absolute Gasteiger partial charge is 0.392 e. The molecule has 0 aromatic heterocycles. The first-order chi connectivity index (χ1) is 9.44. The van der Waals surface area contributed by atoms with Crippen molar-refractivity contribution in [1.82, 2.24) is 5.32 Å². The van der Waals surface area contributed by atoms with Gasteiger partial charge in [0, 0.05) is 30.8 Å². The first kappa shape index (κ1) is 17.1. The predicted octanol–water partition coefficient (Wildman–Crippen LogP) is 3.41. The Bertz CT molecular complexity index is 413. The Morgan fingerprint density at radius 1 is 1.25 bits per heavy atom. The van der Waals surface area contributed by atoms with E-state index in [2.05, 4.69) is 5.32 Å². The molecule has 1 aromatic rings. The van der Waals surface area contributed by atoms with Crippen LogP contribution in [0.5, 0.6) is 5.75 Å². The van der Waals surface area contributed by atoms with E-state index < -0.39 is 19.2 Å². The van der Waals surface area contributed by atoms with Gasteiger partial charge in [0.25, 0.3) is 0 Å². The number of nitrogens with one attached hydrogen (secondary N) is 1. The topological polar surface area (TPSA) is 30.5 Å². The lowest BCUT2D eigenvalue weighted by Gasteiger charge is -2.14. The Balaban J connectivity index is 2.58. The molecule has 0 aliphatic rings. The van der Waals surface area contributed by atoms with Crippen molar-refractivity contribution in [2.45, 2.75) is 19.1 Å². The first-order valence-electron chi connectivity index (χ1n) is 6.10. The van der Waals surface area contributed by atoms with Crippen LogP contribution in [-0.2, 0) is 11.3 Å². The zero-order valence-electron chi connectivity index (χ0n) is 11.1. The van der Waals surface area contributed by atoms with Gasteiger partial charge in [0.1, 0.15) is 5.75 Å². The number of methoxy groups -OCH3 is 1. The van der Waals surface area contributed by atoms with Gasteiger partial charge in [-0.15, -0.1) is 0 Å². The maximum Gasteiger partial charge on any atom is 0.392 e. The van der Waals surface area contributed by atoms with Crippen molar-refractivity contribution in [1.29, 1.82) is 0 Å². The SMILES string of the molecule is COCCNCc1c(Cl)cccc1OCCC(F)(F)F. The molecule has 114 valence electrons. The zero-order chi connectivity index (χ0) is 15.0. The maximum absolute atomic E-state index is 12.1. The van der Waals surface area contributed by atoms with Crippen LogP contribution in [0.2, 0.25) is 5.02 Å². The van der Waals surface area contributed by atoms with E-state index in [0.717, 1.165) is 0 Å². The quantitative estimate of drug-likeness (QED) is 0.746. The highest BCUT2D eigenvalue weighted by Gasteiger charge is 2.27. The van der Waals surface area contributed by atoms with Gasteiger partial charge in [-0.25, -0.2) is 0 Å². The van der Waals surface area contributed by atoms with Crippen molar-refractivity contribution in [3.63, 3.8) is 0 Å². The third-order valence-corrected chi connectivity index (χ3v) is 2.86. The summed E-state index contributed by atoms with van der Waals surface area (Å²) in [6.07, 6.45) is -5.22. The number of rotatable bonds is 8. The Hall–Kier alpha value is -0.980. The second-order valence-corrected chi connectivity index (χ2v) is 4.51. The van der Waals surface area contributed by atoms with Crippen molar-refractivity contribution in [2.24, 2.45) is 0 Å². The standard InChI is InChI=1S/C13H17ClF3NO2/c1-19-8-6-18-9-10-11(14)3-2-4-12(10)20-7-5-13(15,16)17/h2-4,18H,5-9H2,1H3. The second-order valence-electron chi connectivity index (χ2n) is 4.10. The summed E-state index contributed by atoms with van der Waals surface area (Å²) in [6.45, 7) is 1.14. The molecule has 0 radical (unpaired) electrons. The van der Waals surface area contributed by atoms with Crippen molar-refractivity contribution < 1.29 is 22.6 Å². The fourth-order valence-electron chi connectivity index (χ4n) is 1.51. The van der Waals surface area contributed by atoms with E-state index in [1.165, 1.54) is 0 Å².